The number of methoxy groups -OCH3 is 2. The van der Waals surface area contributed by atoms with Gasteiger partial charge in [-0.05, 0) is 76.1 Å². The molecule has 4 aromatic carbocycles. The minimum Gasteiger partial charge on any atom is -0.481 e. The molecule has 0 radical (unpaired) electrons. The largest absolute Gasteiger partial charge is 0.481 e. The van der Waals surface area contributed by atoms with E-state index in [2.05, 4.69) is 79.9 Å². The second kappa shape index (κ2) is 24.7. The van der Waals surface area contributed by atoms with E-state index < -0.39 is 42.0 Å². The van der Waals surface area contributed by atoms with Crippen LogP contribution in [0.4, 0.5) is 0 Å². The molecule has 0 spiro atoms. The first-order valence-corrected chi connectivity index (χ1v) is 23.9. The number of hydrogen-bond acceptors (Lipinski definition) is 11. The number of carboxylic acids is 1. The summed E-state index contributed by atoms with van der Waals surface area (Å²) < 4.78 is 22.4. The molecule has 366 valence electrons. The van der Waals surface area contributed by atoms with Gasteiger partial charge in [-0.1, -0.05) is 146 Å². The average molecular weight is 933 g/mol. The highest BCUT2D eigenvalue weighted by atomic mass is 16.5. The van der Waals surface area contributed by atoms with Crippen molar-refractivity contribution < 1.29 is 48.0 Å². The molecule has 9 unspecified atom stereocenters. The zero-order valence-electron chi connectivity index (χ0n) is 41.6. The monoisotopic (exact) mass is 933 g/mol. The minimum atomic E-state index is -0.929. The van der Waals surface area contributed by atoms with Gasteiger partial charge in [0.15, 0.2) is 11.6 Å². The van der Waals surface area contributed by atoms with Crippen LogP contribution in [0.15, 0.2) is 97.1 Å². The molecule has 6 rings (SSSR count). The van der Waals surface area contributed by atoms with Gasteiger partial charge in [0.05, 0.1) is 31.2 Å². The lowest BCUT2D eigenvalue weighted by Crippen LogP contribution is -2.44. The number of ketones is 2. The Hall–Kier alpha value is -5.53. The van der Waals surface area contributed by atoms with Crippen molar-refractivity contribution in [2.24, 2.45) is 35.5 Å². The van der Waals surface area contributed by atoms with Crippen molar-refractivity contribution in [2.45, 2.75) is 98.4 Å². The number of carbonyl (C=O) groups is 5. The summed E-state index contributed by atoms with van der Waals surface area (Å²) in [6, 6.07) is 31.5. The summed E-state index contributed by atoms with van der Waals surface area (Å²) in [5.41, 5.74) is 9.36. The minimum absolute atomic E-state index is 0.0233. The Labute approximate surface area is 402 Å². The summed E-state index contributed by atoms with van der Waals surface area (Å²) in [6.07, 6.45) is -0.691. The van der Waals surface area contributed by atoms with E-state index in [4.69, 9.17) is 18.9 Å². The van der Waals surface area contributed by atoms with Crippen molar-refractivity contribution in [2.75, 3.05) is 40.5 Å². The van der Waals surface area contributed by atoms with E-state index in [0.717, 1.165) is 22.3 Å². The molecule has 0 aliphatic heterocycles. The molecule has 0 saturated heterocycles. The van der Waals surface area contributed by atoms with Gasteiger partial charge in [-0.25, -0.2) is 0 Å². The van der Waals surface area contributed by atoms with E-state index in [1.807, 2.05) is 55.5 Å². The summed E-state index contributed by atoms with van der Waals surface area (Å²) in [5, 5.41) is 15.3. The zero-order chi connectivity index (χ0) is 49.8. The fourth-order valence-corrected chi connectivity index (χ4v) is 9.46. The van der Waals surface area contributed by atoms with E-state index >= 15 is 0 Å². The van der Waals surface area contributed by atoms with Crippen LogP contribution in [0.5, 0.6) is 0 Å². The molecule has 12 nitrogen and oxygen atoms in total. The molecule has 0 heterocycles. The standard InChI is InChI=1S/C28H35NO6.C28H37NO4/c1-16(17(2)27(31)32)26(34-5)18(3)25(30)14-29-19(4)28(33)35-15-24-22-12-8-6-10-20(22)21-11-7-9-13-23(21)24;1-17(2)18(3)27(32-6)19(4)26(30)15-29-20(5)28(31)33-16-25-23-13-9-7-11-21(23)22-12-8-10-14-24(22)25/h6-13,16-19,24,26,29H,14-15H2,1-5H3,(H,31,32);7-14,17-20,25,27,29H,15-16H2,1-6H3. The van der Waals surface area contributed by atoms with Crippen LogP contribution in [0.1, 0.15) is 96.4 Å². The van der Waals surface area contributed by atoms with E-state index in [-0.39, 0.29) is 79.5 Å². The topological polar surface area (TPSA) is 167 Å². The van der Waals surface area contributed by atoms with Crippen LogP contribution in [-0.2, 0) is 42.9 Å². The number of carboxylic acid groups (broad SMARTS) is 1. The maximum Gasteiger partial charge on any atom is 0.322 e. The Balaban J connectivity index is 0.000000255. The third-order valence-electron chi connectivity index (χ3n) is 14.4. The van der Waals surface area contributed by atoms with Crippen molar-refractivity contribution >= 4 is 29.5 Å². The van der Waals surface area contributed by atoms with Gasteiger partial charge in [-0.15, -0.1) is 0 Å². The first-order valence-electron chi connectivity index (χ1n) is 23.9. The van der Waals surface area contributed by atoms with Gasteiger partial charge in [0.2, 0.25) is 0 Å². The molecular formula is C56H72N2O10. The number of esters is 2. The average Bonchev–Trinajstić information content (AvgIpc) is 3.85. The summed E-state index contributed by atoms with van der Waals surface area (Å²) in [5.74, 6) is -2.94. The maximum atomic E-state index is 12.8. The molecule has 2 aliphatic rings. The zero-order valence-corrected chi connectivity index (χ0v) is 41.6. The second-order valence-electron chi connectivity index (χ2n) is 18.9. The predicted molar refractivity (Wildman–Crippen MR) is 264 cm³/mol. The summed E-state index contributed by atoms with van der Waals surface area (Å²) in [4.78, 5) is 62.2. The third kappa shape index (κ3) is 12.6. The number of hydrogen-bond donors (Lipinski definition) is 3. The Morgan fingerprint density at radius 1 is 0.485 bits per heavy atom. The highest BCUT2D eigenvalue weighted by Crippen LogP contribution is 2.46. The van der Waals surface area contributed by atoms with Gasteiger partial charge in [-0.3, -0.25) is 34.6 Å². The first kappa shape index (κ1) is 53.4. The molecule has 0 saturated carbocycles. The van der Waals surface area contributed by atoms with Crippen LogP contribution in [0.25, 0.3) is 22.3 Å². The molecule has 68 heavy (non-hydrogen) atoms. The van der Waals surface area contributed by atoms with Gasteiger partial charge in [0.1, 0.15) is 25.3 Å². The van der Waals surface area contributed by atoms with E-state index in [1.54, 1.807) is 41.7 Å². The van der Waals surface area contributed by atoms with Crippen molar-refractivity contribution in [3.63, 3.8) is 0 Å². The van der Waals surface area contributed by atoms with Crippen molar-refractivity contribution in [1.82, 2.24) is 10.6 Å². The molecule has 3 N–H and O–H groups in total. The number of fused-ring (bicyclic) bond motifs is 6. The molecule has 0 fully saturated rings. The fraction of sp³-hybridized carbons (Fsp3) is 0.482. The normalized spacial score (nSPS) is 16.8. The van der Waals surface area contributed by atoms with Crippen molar-refractivity contribution in [3.8, 4) is 22.3 Å². The van der Waals surface area contributed by atoms with E-state index in [9.17, 15) is 29.1 Å². The van der Waals surface area contributed by atoms with Crippen LogP contribution in [0.3, 0.4) is 0 Å². The molecular weight excluding hydrogens is 861 g/mol. The SMILES string of the molecule is COC(C(C)C(=O)CNC(C)C(=O)OCC1c2ccccc2-c2ccccc21)C(C)C(C)C.COC(C(C)C(=O)CNC(C)C(=O)OCC1c2ccccc2-c2ccccc21)C(C)C(C)C(=O)O. The molecule has 2 aliphatic carbocycles. The number of nitrogens with one attached hydrogen (secondary N) is 2. The highest BCUT2D eigenvalue weighted by molar-refractivity contribution is 5.86. The van der Waals surface area contributed by atoms with Gasteiger partial charge in [0.25, 0.3) is 0 Å². The third-order valence-corrected chi connectivity index (χ3v) is 14.4. The van der Waals surface area contributed by atoms with Crippen LogP contribution in [0.2, 0.25) is 0 Å². The number of ether oxygens (including phenoxy) is 4. The smallest absolute Gasteiger partial charge is 0.322 e. The molecule has 0 bridgehead atoms. The Morgan fingerprint density at radius 3 is 1.09 bits per heavy atom. The summed E-state index contributed by atoms with van der Waals surface area (Å²) in [7, 11) is 3.13. The Morgan fingerprint density at radius 2 is 0.794 bits per heavy atom. The Bertz CT molecular complexity index is 2270. The number of carbonyl (C=O) groups excluding carboxylic acids is 4. The number of Topliss-reactive ketones (excluding diaryl/α,β-unsaturated/α-hetero) is 2. The first-order chi connectivity index (χ1) is 32.4. The van der Waals surface area contributed by atoms with Crippen LogP contribution < -0.4 is 10.6 Å². The number of rotatable bonds is 23. The van der Waals surface area contributed by atoms with E-state index in [1.165, 1.54) is 29.4 Å². The summed E-state index contributed by atoms with van der Waals surface area (Å²) in [6.45, 7) is 17.3. The van der Waals surface area contributed by atoms with E-state index in [0.29, 0.717) is 5.92 Å². The Kier molecular flexibility index (Phi) is 19.4. The van der Waals surface area contributed by atoms with Gasteiger partial charge in [-0.2, -0.15) is 0 Å². The molecule has 4 aromatic rings. The number of benzene rings is 4. The van der Waals surface area contributed by atoms with Crippen LogP contribution in [0, 0.1) is 35.5 Å². The van der Waals surface area contributed by atoms with Gasteiger partial charge < -0.3 is 24.1 Å². The second-order valence-corrected chi connectivity index (χ2v) is 18.9. The molecule has 12 heteroatoms. The van der Waals surface area contributed by atoms with Crippen molar-refractivity contribution in [3.05, 3.63) is 119 Å². The van der Waals surface area contributed by atoms with Crippen LogP contribution in [-0.4, -0.2) is 99.4 Å². The lowest BCUT2D eigenvalue weighted by atomic mass is 9.82. The highest BCUT2D eigenvalue weighted by Gasteiger charge is 2.36. The number of aliphatic carboxylic acids is 1. The molecule has 9 atom stereocenters. The quantitative estimate of drug-likeness (QED) is 0.0607. The predicted octanol–water partition coefficient (Wildman–Crippen LogP) is 8.73. The van der Waals surface area contributed by atoms with Gasteiger partial charge >= 0.3 is 17.9 Å². The summed E-state index contributed by atoms with van der Waals surface area (Å²) >= 11 is 0. The lowest BCUT2D eigenvalue weighted by molar-refractivity contribution is -0.148. The van der Waals surface area contributed by atoms with Gasteiger partial charge in [0, 0.05) is 37.9 Å². The molecule has 0 aromatic heterocycles. The lowest BCUT2D eigenvalue weighted by Gasteiger charge is -2.30. The van der Waals surface area contributed by atoms with Crippen LogP contribution >= 0.6 is 0 Å². The maximum absolute atomic E-state index is 12.8. The fourth-order valence-electron chi connectivity index (χ4n) is 9.46. The van der Waals surface area contributed by atoms with Crippen molar-refractivity contribution in [1.29, 1.82) is 0 Å². The molecule has 0 amide bonds.